The molecule has 21 heavy (non-hydrogen) atoms. The van der Waals surface area contributed by atoms with E-state index in [0.717, 1.165) is 18.2 Å². The van der Waals surface area contributed by atoms with Gasteiger partial charge < -0.3 is 4.74 Å². The number of ether oxygens (including phenoxy) is 1. The zero-order valence-electron chi connectivity index (χ0n) is 11.5. The maximum absolute atomic E-state index is 13.8. The lowest BCUT2D eigenvalue weighted by Crippen LogP contribution is -2.24. The molecule has 110 valence electrons. The fraction of sp³-hybridized carbons (Fsp3) is 0.188. The summed E-state index contributed by atoms with van der Waals surface area (Å²) in [4.78, 5) is 12.1. The molecule has 0 aliphatic heterocycles. The minimum atomic E-state index is -1.12. The van der Waals surface area contributed by atoms with E-state index in [0.29, 0.717) is 5.56 Å². The smallest absolute Gasteiger partial charge is 0.203 e. The molecule has 0 amide bonds. The molecule has 1 atom stereocenters. The maximum atomic E-state index is 13.8. The van der Waals surface area contributed by atoms with Gasteiger partial charge in [-0.3, -0.25) is 4.79 Å². The van der Waals surface area contributed by atoms with Crippen LogP contribution in [-0.4, -0.2) is 11.9 Å². The van der Waals surface area contributed by atoms with Crippen LogP contribution in [0.25, 0.3) is 0 Å². The highest BCUT2D eigenvalue weighted by Crippen LogP contribution is 2.22. The zero-order chi connectivity index (χ0) is 15.6. The molecule has 2 nitrogen and oxygen atoms in total. The van der Waals surface area contributed by atoms with E-state index in [4.69, 9.17) is 4.74 Å². The van der Waals surface area contributed by atoms with Crippen LogP contribution >= 0.6 is 0 Å². The monoisotopic (exact) mass is 294 g/mol. The number of Topliss-reactive ketones (excluding diaryl/α,β-unsaturated/α-hetero) is 1. The molecule has 0 aliphatic rings. The summed E-state index contributed by atoms with van der Waals surface area (Å²) in [6.07, 6.45) is -1.02. The third kappa shape index (κ3) is 3.24. The Labute approximate surface area is 120 Å². The van der Waals surface area contributed by atoms with Gasteiger partial charge in [-0.2, -0.15) is 0 Å². The van der Waals surface area contributed by atoms with Gasteiger partial charge in [0.2, 0.25) is 5.78 Å². The Bertz CT molecular complexity index is 683. The van der Waals surface area contributed by atoms with Gasteiger partial charge in [0.05, 0.1) is 0 Å². The topological polar surface area (TPSA) is 26.3 Å². The normalized spacial score (nSPS) is 12.0. The molecule has 0 heterocycles. The molecule has 0 aromatic heterocycles. The Kier molecular flexibility index (Phi) is 4.31. The number of hydrogen-bond acceptors (Lipinski definition) is 2. The fourth-order valence-corrected chi connectivity index (χ4v) is 1.84. The number of hydrogen-bond donors (Lipinski definition) is 0. The predicted molar refractivity (Wildman–Crippen MR) is 71.9 cm³/mol. The van der Waals surface area contributed by atoms with Gasteiger partial charge in [0.1, 0.15) is 0 Å². The Morgan fingerprint density at radius 2 is 1.81 bits per heavy atom. The average molecular weight is 294 g/mol. The van der Waals surface area contributed by atoms with Crippen molar-refractivity contribution in [3.8, 4) is 5.75 Å². The van der Waals surface area contributed by atoms with Crippen molar-refractivity contribution < 1.29 is 22.7 Å². The van der Waals surface area contributed by atoms with Crippen LogP contribution in [0.5, 0.6) is 5.75 Å². The maximum Gasteiger partial charge on any atom is 0.203 e. The van der Waals surface area contributed by atoms with Crippen molar-refractivity contribution in [1.29, 1.82) is 0 Å². The molecule has 0 bridgehead atoms. The number of ketones is 1. The van der Waals surface area contributed by atoms with Crippen LogP contribution in [0, 0.1) is 24.4 Å². The highest BCUT2D eigenvalue weighted by Gasteiger charge is 2.20. The van der Waals surface area contributed by atoms with Gasteiger partial charge in [0.15, 0.2) is 29.3 Å². The summed E-state index contributed by atoms with van der Waals surface area (Å²) >= 11 is 0. The predicted octanol–water partition coefficient (Wildman–Crippen LogP) is 4.06. The molecular weight excluding hydrogens is 281 g/mol. The zero-order valence-corrected chi connectivity index (χ0v) is 11.5. The second-order valence-corrected chi connectivity index (χ2v) is 4.64. The lowest BCUT2D eigenvalue weighted by Gasteiger charge is -2.15. The largest absolute Gasteiger partial charge is 0.479 e. The van der Waals surface area contributed by atoms with Gasteiger partial charge in [-0.15, -0.1) is 0 Å². The first kappa shape index (κ1) is 15.1. The quantitative estimate of drug-likeness (QED) is 0.795. The molecule has 0 radical (unpaired) electrons. The lowest BCUT2D eigenvalue weighted by atomic mass is 10.1. The van der Waals surface area contributed by atoms with E-state index in [-0.39, 0.29) is 11.3 Å². The van der Waals surface area contributed by atoms with E-state index in [1.54, 1.807) is 19.1 Å². The number of carbonyl (C=O) groups excluding carboxylic acids is 1. The Hall–Kier alpha value is -2.30. The van der Waals surface area contributed by atoms with E-state index in [2.05, 4.69) is 0 Å². The van der Waals surface area contributed by atoms with E-state index in [1.807, 2.05) is 0 Å². The van der Waals surface area contributed by atoms with Crippen molar-refractivity contribution in [1.82, 2.24) is 0 Å². The van der Waals surface area contributed by atoms with Crippen LogP contribution in [0.4, 0.5) is 13.2 Å². The van der Waals surface area contributed by atoms with Crippen LogP contribution in [0.1, 0.15) is 22.8 Å². The fourth-order valence-electron chi connectivity index (χ4n) is 1.84. The summed E-state index contributed by atoms with van der Waals surface area (Å²) < 4.78 is 45.0. The van der Waals surface area contributed by atoms with Crippen LogP contribution in [0.2, 0.25) is 0 Å². The molecule has 5 heteroatoms. The van der Waals surface area contributed by atoms with Crippen LogP contribution < -0.4 is 4.74 Å². The van der Waals surface area contributed by atoms with E-state index in [9.17, 15) is 18.0 Å². The van der Waals surface area contributed by atoms with Crippen molar-refractivity contribution in [3.05, 3.63) is 65.0 Å². The molecule has 2 aromatic rings. The first-order valence-corrected chi connectivity index (χ1v) is 6.31. The second-order valence-electron chi connectivity index (χ2n) is 4.64. The van der Waals surface area contributed by atoms with E-state index >= 15 is 0 Å². The summed E-state index contributed by atoms with van der Waals surface area (Å²) in [5.74, 6) is -3.32. The van der Waals surface area contributed by atoms with Crippen LogP contribution in [-0.2, 0) is 0 Å². The first-order valence-electron chi connectivity index (χ1n) is 6.31. The van der Waals surface area contributed by atoms with Gasteiger partial charge in [0, 0.05) is 5.56 Å². The van der Waals surface area contributed by atoms with E-state index in [1.165, 1.54) is 13.0 Å². The Morgan fingerprint density at radius 3 is 2.48 bits per heavy atom. The van der Waals surface area contributed by atoms with Gasteiger partial charge in [-0.1, -0.05) is 12.1 Å². The standard InChI is InChI=1S/C16H13F3O2/c1-9-4-3-5-14(15(9)19)21-10(2)16(20)11-6-7-12(17)13(18)8-11/h3-8,10H,1-2H3. The van der Waals surface area contributed by atoms with E-state index < -0.39 is 29.3 Å². The summed E-state index contributed by atoms with van der Waals surface area (Å²) in [6, 6.07) is 7.39. The number of rotatable bonds is 4. The molecule has 0 fully saturated rings. The van der Waals surface area contributed by atoms with Gasteiger partial charge in [-0.25, -0.2) is 13.2 Å². The number of aryl methyl sites for hydroxylation is 1. The molecule has 0 N–H and O–H groups in total. The summed E-state index contributed by atoms with van der Waals surface area (Å²) in [7, 11) is 0. The van der Waals surface area contributed by atoms with Gasteiger partial charge >= 0.3 is 0 Å². The molecule has 0 aliphatic carbocycles. The highest BCUT2D eigenvalue weighted by molar-refractivity contribution is 5.99. The number of benzene rings is 2. The molecule has 0 saturated carbocycles. The molecule has 2 rings (SSSR count). The van der Waals surface area contributed by atoms with Crippen LogP contribution in [0.15, 0.2) is 36.4 Å². The van der Waals surface area contributed by atoms with Crippen molar-refractivity contribution in [2.75, 3.05) is 0 Å². The third-order valence-corrected chi connectivity index (χ3v) is 3.03. The van der Waals surface area contributed by atoms with Crippen LogP contribution in [0.3, 0.4) is 0 Å². The molecular formula is C16H13F3O2. The SMILES string of the molecule is Cc1cccc(OC(C)C(=O)c2ccc(F)c(F)c2)c1F. The molecule has 0 spiro atoms. The summed E-state index contributed by atoms with van der Waals surface area (Å²) in [6.45, 7) is 3.00. The van der Waals surface area contributed by atoms with Crippen molar-refractivity contribution in [2.24, 2.45) is 0 Å². The van der Waals surface area contributed by atoms with Gasteiger partial charge in [-0.05, 0) is 43.7 Å². The number of halogens is 3. The Balaban J connectivity index is 2.19. The highest BCUT2D eigenvalue weighted by atomic mass is 19.2. The Morgan fingerprint density at radius 1 is 1.10 bits per heavy atom. The lowest BCUT2D eigenvalue weighted by molar-refractivity contribution is 0.0811. The molecule has 1 unspecified atom stereocenters. The number of carbonyl (C=O) groups is 1. The van der Waals surface area contributed by atoms with Crippen molar-refractivity contribution >= 4 is 5.78 Å². The third-order valence-electron chi connectivity index (χ3n) is 3.03. The second kappa shape index (κ2) is 5.99. The minimum Gasteiger partial charge on any atom is -0.479 e. The average Bonchev–Trinajstić information content (AvgIpc) is 2.46. The molecule has 2 aromatic carbocycles. The minimum absolute atomic E-state index is 0.0329. The molecule has 0 saturated heterocycles. The van der Waals surface area contributed by atoms with Gasteiger partial charge in [0.25, 0.3) is 0 Å². The van der Waals surface area contributed by atoms with Crippen molar-refractivity contribution in [2.45, 2.75) is 20.0 Å². The summed E-state index contributed by atoms with van der Waals surface area (Å²) in [5.41, 5.74) is 0.356. The first-order chi connectivity index (χ1) is 9.90. The van der Waals surface area contributed by atoms with Crippen molar-refractivity contribution in [3.63, 3.8) is 0 Å². The summed E-state index contributed by atoms with van der Waals surface area (Å²) in [5, 5.41) is 0.